The number of esters is 1. The molecule has 4 nitrogen and oxygen atoms in total. The number of carbonyl (C=O) groups excluding carboxylic acids is 1. The van der Waals surface area contributed by atoms with Crippen LogP contribution in [0.3, 0.4) is 0 Å². The lowest BCUT2D eigenvalue weighted by molar-refractivity contribution is -0.142. The topological polar surface area (TPSA) is 52.3 Å². The Kier molecular flexibility index (Phi) is 2.85. The molecule has 0 spiro atoms. The number of benzene rings is 1. The van der Waals surface area contributed by atoms with Crippen molar-refractivity contribution in [2.75, 3.05) is 6.61 Å². The van der Waals surface area contributed by atoms with Crippen LogP contribution in [0.1, 0.15) is 12.8 Å². The van der Waals surface area contributed by atoms with Crippen molar-refractivity contribution in [3.63, 3.8) is 0 Å². The van der Waals surface area contributed by atoms with E-state index in [1.54, 1.807) is 13.0 Å². The molecule has 0 unspecified atom stereocenters. The summed E-state index contributed by atoms with van der Waals surface area (Å²) in [5.74, 6) is -0.756. The van der Waals surface area contributed by atoms with E-state index in [9.17, 15) is 9.18 Å². The molecule has 1 heterocycles. The average molecular weight is 223 g/mol. The van der Waals surface area contributed by atoms with Crippen LogP contribution >= 0.6 is 0 Å². The summed E-state index contributed by atoms with van der Waals surface area (Å²) in [5, 5.41) is 0. The zero-order valence-electron chi connectivity index (χ0n) is 8.70. The molecule has 16 heavy (non-hydrogen) atoms. The van der Waals surface area contributed by atoms with Gasteiger partial charge in [0.15, 0.2) is 11.4 Å². The van der Waals surface area contributed by atoms with E-state index >= 15 is 0 Å². The quantitative estimate of drug-likeness (QED) is 0.747. The Morgan fingerprint density at radius 1 is 1.56 bits per heavy atom. The lowest BCUT2D eigenvalue weighted by atomic mass is 10.3. The molecular formula is C11H10FNO3. The third-order valence-corrected chi connectivity index (χ3v) is 2.01. The molecule has 0 radical (unpaired) electrons. The van der Waals surface area contributed by atoms with Gasteiger partial charge in [0.05, 0.1) is 6.61 Å². The lowest BCUT2D eigenvalue weighted by Gasteiger charge is -1.96. The van der Waals surface area contributed by atoms with E-state index in [0.29, 0.717) is 12.1 Å². The number of halogens is 1. The van der Waals surface area contributed by atoms with Crippen LogP contribution in [-0.4, -0.2) is 17.6 Å². The summed E-state index contributed by atoms with van der Waals surface area (Å²) >= 11 is 0. The van der Waals surface area contributed by atoms with Crippen LogP contribution < -0.4 is 0 Å². The van der Waals surface area contributed by atoms with E-state index in [4.69, 9.17) is 9.15 Å². The number of hydrogen-bond donors (Lipinski definition) is 0. The Hall–Kier alpha value is -1.91. The fourth-order valence-corrected chi connectivity index (χ4v) is 1.37. The highest BCUT2D eigenvalue weighted by Crippen LogP contribution is 2.18. The average Bonchev–Trinajstić information content (AvgIpc) is 2.62. The van der Waals surface area contributed by atoms with E-state index in [0.717, 1.165) is 0 Å². The molecule has 2 rings (SSSR count). The highest BCUT2D eigenvalue weighted by molar-refractivity contribution is 5.75. The van der Waals surface area contributed by atoms with Crippen LogP contribution in [0.15, 0.2) is 22.6 Å². The second-order valence-corrected chi connectivity index (χ2v) is 3.18. The van der Waals surface area contributed by atoms with Gasteiger partial charge in [0.1, 0.15) is 11.9 Å². The molecule has 0 aliphatic rings. The van der Waals surface area contributed by atoms with Gasteiger partial charge in [-0.05, 0) is 19.1 Å². The maximum absolute atomic E-state index is 13.2. The van der Waals surface area contributed by atoms with Gasteiger partial charge < -0.3 is 9.15 Å². The summed E-state index contributed by atoms with van der Waals surface area (Å²) in [6, 6.07) is 4.44. The summed E-state index contributed by atoms with van der Waals surface area (Å²) in [6.45, 7) is 2.01. The molecule has 2 aromatic rings. The molecule has 0 N–H and O–H groups in total. The Morgan fingerprint density at radius 3 is 3.06 bits per heavy atom. The highest BCUT2D eigenvalue weighted by Gasteiger charge is 2.13. The first-order valence-electron chi connectivity index (χ1n) is 4.90. The predicted molar refractivity (Wildman–Crippen MR) is 54.3 cm³/mol. The molecule has 0 saturated heterocycles. The van der Waals surface area contributed by atoms with E-state index in [1.807, 2.05) is 0 Å². The largest absolute Gasteiger partial charge is 0.466 e. The minimum atomic E-state index is -0.486. The van der Waals surface area contributed by atoms with Crippen LogP contribution in [0, 0.1) is 5.82 Å². The van der Waals surface area contributed by atoms with Crippen molar-refractivity contribution in [1.29, 1.82) is 0 Å². The summed E-state index contributed by atoms with van der Waals surface area (Å²) < 4.78 is 23.1. The Bertz CT molecular complexity index is 521. The van der Waals surface area contributed by atoms with Crippen molar-refractivity contribution in [2.45, 2.75) is 13.3 Å². The first-order valence-corrected chi connectivity index (χ1v) is 4.90. The summed E-state index contributed by atoms with van der Waals surface area (Å²) in [7, 11) is 0. The van der Waals surface area contributed by atoms with Crippen LogP contribution in [-0.2, 0) is 16.0 Å². The Balaban J connectivity index is 2.26. The van der Waals surface area contributed by atoms with Crippen LogP contribution in [0.4, 0.5) is 4.39 Å². The maximum Gasteiger partial charge on any atom is 0.315 e. The minimum absolute atomic E-state index is 0.0711. The van der Waals surface area contributed by atoms with Crippen LogP contribution in [0.5, 0.6) is 0 Å². The monoisotopic (exact) mass is 223 g/mol. The van der Waals surface area contributed by atoms with E-state index in [1.165, 1.54) is 12.1 Å². The first kappa shape index (κ1) is 10.6. The Labute approximate surface area is 91.0 Å². The fourth-order valence-electron chi connectivity index (χ4n) is 1.37. The lowest BCUT2D eigenvalue weighted by Crippen LogP contribution is -2.07. The van der Waals surface area contributed by atoms with Gasteiger partial charge in [-0.1, -0.05) is 6.07 Å². The second-order valence-electron chi connectivity index (χ2n) is 3.18. The van der Waals surface area contributed by atoms with E-state index in [-0.39, 0.29) is 17.9 Å². The number of oxazole rings is 1. The van der Waals surface area contributed by atoms with Crippen molar-refractivity contribution in [1.82, 2.24) is 4.98 Å². The van der Waals surface area contributed by atoms with Gasteiger partial charge in [0.2, 0.25) is 5.89 Å². The minimum Gasteiger partial charge on any atom is -0.466 e. The number of rotatable bonds is 3. The highest BCUT2D eigenvalue weighted by atomic mass is 19.1. The molecule has 0 fully saturated rings. The van der Waals surface area contributed by atoms with Gasteiger partial charge in [0, 0.05) is 0 Å². The van der Waals surface area contributed by atoms with Gasteiger partial charge in [0.25, 0.3) is 0 Å². The van der Waals surface area contributed by atoms with Crippen molar-refractivity contribution >= 4 is 17.1 Å². The predicted octanol–water partition coefficient (Wildman–Crippen LogP) is 2.07. The standard InChI is InChI=1S/C11H10FNO3/c1-2-15-10(14)6-9-13-8-5-3-4-7(12)11(8)16-9/h3-5H,2,6H2,1H3. The molecule has 1 aromatic carbocycles. The van der Waals surface area contributed by atoms with E-state index in [2.05, 4.69) is 4.98 Å². The van der Waals surface area contributed by atoms with Crippen molar-refractivity contribution < 1.29 is 18.3 Å². The van der Waals surface area contributed by atoms with Gasteiger partial charge in [-0.2, -0.15) is 0 Å². The van der Waals surface area contributed by atoms with Gasteiger partial charge in [-0.25, -0.2) is 9.37 Å². The molecule has 0 atom stereocenters. The smallest absolute Gasteiger partial charge is 0.315 e. The molecule has 0 bridgehead atoms. The third-order valence-electron chi connectivity index (χ3n) is 2.01. The molecule has 0 aliphatic heterocycles. The summed E-state index contributed by atoms with van der Waals surface area (Å²) in [4.78, 5) is 15.1. The number of ether oxygens (including phenoxy) is 1. The molecule has 0 amide bonds. The zero-order chi connectivity index (χ0) is 11.5. The van der Waals surface area contributed by atoms with Crippen LogP contribution in [0.2, 0.25) is 0 Å². The third kappa shape index (κ3) is 2.03. The second kappa shape index (κ2) is 4.30. The number of aromatic nitrogens is 1. The number of nitrogens with zero attached hydrogens (tertiary/aromatic N) is 1. The summed E-state index contributed by atoms with van der Waals surface area (Å²) in [6.07, 6.45) is -0.0814. The molecule has 0 saturated carbocycles. The number of hydrogen-bond acceptors (Lipinski definition) is 4. The molecule has 84 valence electrons. The number of carbonyl (C=O) groups is 1. The summed E-state index contributed by atoms with van der Waals surface area (Å²) in [5.41, 5.74) is 0.473. The van der Waals surface area contributed by atoms with Gasteiger partial charge >= 0.3 is 5.97 Å². The Morgan fingerprint density at radius 2 is 2.38 bits per heavy atom. The van der Waals surface area contributed by atoms with Gasteiger partial charge in [-0.3, -0.25) is 4.79 Å². The van der Waals surface area contributed by atoms with Crippen LogP contribution in [0.25, 0.3) is 11.1 Å². The van der Waals surface area contributed by atoms with Crippen molar-refractivity contribution in [3.05, 3.63) is 29.9 Å². The molecule has 0 aliphatic carbocycles. The number of fused-ring (bicyclic) bond motifs is 1. The van der Waals surface area contributed by atoms with E-state index < -0.39 is 11.8 Å². The van der Waals surface area contributed by atoms with Crippen molar-refractivity contribution in [3.8, 4) is 0 Å². The molecule has 5 heteroatoms. The first-order chi connectivity index (χ1) is 7.70. The SMILES string of the molecule is CCOC(=O)Cc1nc2cccc(F)c2o1. The molecular weight excluding hydrogens is 213 g/mol. The zero-order valence-corrected chi connectivity index (χ0v) is 8.70. The number of para-hydroxylation sites is 1. The molecule has 1 aromatic heterocycles. The van der Waals surface area contributed by atoms with Gasteiger partial charge in [-0.15, -0.1) is 0 Å². The maximum atomic E-state index is 13.2. The van der Waals surface area contributed by atoms with Crippen molar-refractivity contribution in [2.24, 2.45) is 0 Å². The normalized spacial score (nSPS) is 10.6. The fraction of sp³-hybridized carbons (Fsp3) is 0.273.